The number of nitrogens with one attached hydrogen (secondary N) is 2. The van der Waals surface area contributed by atoms with Gasteiger partial charge in [-0.25, -0.2) is 14.6 Å². The summed E-state index contributed by atoms with van der Waals surface area (Å²) >= 11 is 8.58. The fraction of sp³-hybridized carbons (Fsp3) is 0.218. The number of benzene rings is 5. The number of rotatable bonds is 21. The molecule has 75 heavy (non-hydrogen) atoms. The summed E-state index contributed by atoms with van der Waals surface area (Å²) in [5.74, 6) is -2.72. The number of thiazole rings is 1. The summed E-state index contributed by atoms with van der Waals surface area (Å²) < 4.78 is 23.6. The van der Waals surface area contributed by atoms with Gasteiger partial charge in [-0.3, -0.25) is 19.1 Å². The second-order valence-electron chi connectivity index (χ2n) is 17.0. The van der Waals surface area contributed by atoms with Crippen molar-refractivity contribution in [3.05, 3.63) is 213 Å². The third kappa shape index (κ3) is 10.7. The first-order valence-electron chi connectivity index (χ1n) is 23.5. The minimum absolute atomic E-state index is 0.0323. The number of anilines is 1. The van der Waals surface area contributed by atoms with Gasteiger partial charge in [0, 0.05) is 31.8 Å². The lowest BCUT2D eigenvalue weighted by molar-refractivity contribution is -0.154. The second kappa shape index (κ2) is 23.5. The third-order valence-corrected chi connectivity index (χ3v) is 15.0. The number of hydrogen-bond acceptors (Lipinski definition) is 17. The van der Waals surface area contributed by atoms with E-state index >= 15 is 0 Å². The Kier molecular flexibility index (Phi) is 16.3. The number of methoxy groups -OCH3 is 3. The number of aromatic nitrogens is 4. The molecule has 2 aliphatic heterocycles. The van der Waals surface area contributed by atoms with Crippen molar-refractivity contribution in [3.8, 4) is 0 Å². The molecule has 1 fully saturated rings. The molecule has 0 bridgehead atoms. The van der Waals surface area contributed by atoms with Gasteiger partial charge in [0.1, 0.15) is 35.5 Å². The average Bonchev–Trinajstić information content (AvgIpc) is 4.12. The zero-order valence-electron chi connectivity index (χ0n) is 41.0. The van der Waals surface area contributed by atoms with Crippen LogP contribution in [0.15, 0.2) is 173 Å². The van der Waals surface area contributed by atoms with E-state index in [1.54, 1.807) is 5.38 Å². The monoisotopic (exact) mass is 1060 g/mol. The highest BCUT2D eigenvalue weighted by Crippen LogP contribution is 2.44. The molecule has 1 saturated heterocycles. The van der Waals surface area contributed by atoms with E-state index in [4.69, 9.17) is 41.0 Å². The number of ether oxygens (including phenoxy) is 4. The summed E-state index contributed by atoms with van der Waals surface area (Å²) in [4.78, 5) is 68.5. The van der Waals surface area contributed by atoms with Crippen molar-refractivity contribution >= 4 is 74.8 Å². The van der Waals surface area contributed by atoms with Gasteiger partial charge >= 0.3 is 11.9 Å². The molecular formula is C55H50N8O9S3. The number of hydrogen-bond donors (Lipinski definition) is 2. The van der Waals surface area contributed by atoms with Crippen LogP contribution >= 0.6 is 35.3 Å². The van der Waals surface area contributed by atoms with E-state index in [1.165, 1.54) is 61.0 Å². The van der Waals surface area contributed by atoms with Gasteiger partial charge in [0.15, 0.2) is 29.1 Å². The highest BCUT2D eigenvalue weighted by molar-refractivity contribution is 8.00. The zero-order chi connectivity index (χ0) is 52.5. The maximum absolute atomic E-state index is 14.9. The van der Waals surface area contributed by atoms with Crippen LogP contribution in [0.25, 0.3) is 0 Å². The number of amides is 2. The number of oxime groups is 1. The molecule has 17 nitrogen and oxygen atoms in total. The largest absolute Gasteiger partial charge is 0.463 e. The number of fused-ring (bicyclic) bond motifs is 1. The molecule has 2 amide bonds. The first-order chi connectivity index (χ1) is 36.6. The number of esters is 2. The van der Waals surface area contributed by atoms with Gasteiger partial charge in [-0.2, -0.15) is 0 Å². The predicted octanol–water partition coefficient (Wildman–Crippen LogP) is 7.69. The van der Waals surface area contributed by atoms with Crippen molar-refractivity contribution in [1.29, 1.82) is 0 Å². The number of thiocarbonyl (C=S) groups is 1. The molecule has 9 rings (SSSR count). The molecule has 0 radical (unpaired) electrons. The van der Waals surface area contributed by atoms with Gasteiger partial charge in [-0.15, -0.1) is 33.3 Å². The van der Waals surface area contributed by atoms with E-state index in [2.05, 4.69) is 26.0 Å². The molecule has 0 spiro atoms. The maximum Gasteiger partial charge on any atom is 0.376 e. The fourth-order valence-corrected chi connectivity index (χ4v) is 11.5. The smallest absolute Gasteiger partial charge is 0.376 e. The molecule has 2 aliphatic rings. The standard InChI is InChI=1S/C55H50N8O9S3/c1-68-42(69-2)31-62-47(59-60-48(62)53(67)70-3)41(73)30-36-32-74-51-44(50(65)63(51)45(36)52(66)72-46(34-20-10-5-11-21-34)35-22-12-6-13-23-35)57-49(64)43(61-71-4)40-33-75-54(56-40)58-55(37-24-14-7-15-25-37,38-26-16-8-17-27-38)39-28-18-9-19-29-39/h5-29,33,42,44,46,51H,30-32H2,1-4H3,(H,56,58)(H,57,64). The summed E-state index contributed by atoms with van der Waals surface area (Å²) in [7, 11) is 5.42. The summed E-state index contributed by atoms with van der Waals surface area (Å²) in [5, 5.41) is 20.4. The second-order valence-corrected chi connectivity index (χ2v) is 19.5. The number of nitrogens with zero attached hydrogens (tertiary/aromatic N) is 6. The Hall–Kier alpha value is -7.88. The van der Waals surface area contributed by atoms with Crippen LogP contribution in [0.4, 0.5) is 5.13 Å². The maximum atomic E-state index is 14.9. The highest BCUT2D eigenvalue weighted by Gasteiger charge is 2.55. The van der Waals surface area contributed by atoms with Gasteiger partial charge in [0.2, 0.25) is 5.82 Å². The first-order valence-corrected chi connectivity index (χ1v) is 25.8. The third-order valence-electron chi connectivity index (χ3n) is 12.6. The average molecular weight is 1060 g/mol. The summed E-state index contributed by atoms with van der Waals surface area (Å²) in [6, 6.07) is 47.4. The number of carbonyl (C=O) groups excluding carboxylic acids is 4. The van der Waals surface area contributed by atoms with Gasteiger partial charge < -0.3 is 34.4 Å². The molecule has 7 aromatic rings. The van der Waals surface area contributed by atoms with Crippen LogP contribution in [-0.4, -0.2) is 111 Å². The van der Waals surface area contributed by atoms with Crippen LogP contribution < -0.4 is 10.6 Å². The van der Waals surface area contributed by atoms with Crippen LogP contribution in [0.2, 0.25) is 0 Å². The first kappa shape index (κ1) is 52.0. The topological polar surface area (TPSA) is 198 Å². The van der Waals surface area contributed by atoms with Crippen LogP contribution in [0.3, 0.4) is 0 Å². The van der Waals surface area contributed by atoms with Crippen LogP contribution in [0.5, 0.6) is 0 Å². The molecule has 382 valence electrons. The lowest BCUT2D eigenvalue weighted by Crippen LogP contribution is -2.71. The Morgan fingerprint density at radius 2 is 1.29 bits per heavy atom. The molecule has 2 aromatic heterocycles. The Labute approximate surface area is 445 Å². The Bertz CT molecular complexity index is 3090. The van der Waals surface area contributed by atoms with Crippen molar-refractivity contribution in [3.63, 3.8) is 0 Å². The molecule has 2 N–H and O–H groups in total. The van der Waals surface area contributed by atoms with Gasteiger partial charge in [-0.05, 0) is 33.4 Å². The van der Waals surface area contributed by atoms with Crippen molar-refractivity contribution in [1.82, 2.24) is 30.0 Å². The molecule has 2 unspecified atom stereocenters. The summed E-state index contributed by atoms with van der Waals surface area (Å²) in [5.41, 5.74) is 3.78. The van der Waals surface area contributed by atoms with Crippen molar-refractivity contribution < 1.29 is 43.0 Å². The van der Waals surface area contributed by atoms with Crippen molar-refractivity contribution in [2.24, 2.45) is 5.16 Å². The van der Waals surface area contributed by atoms with Crippen molar-refractivity contribution in [2.45, 2.75) is 42.3 Å². The molecule has 20 heteroatoms. The summed E-state index contributed by atoms with van der Waals surface area (Å²) in [6.07, 6.45) is -1.76. The van der Waals surface area contributed by atoms with Crippen LogP contribution in [0.1, 0.15) is 62.5 Å². The Morgan fingerprint density at radius 1 is 0.760 bits per heavy atom. The van der Waals surface area contributed by atoms with E-state index in [1.807, 2.05) is 152 Å². The molecule has 0 aliphatic carbocycles. The minimum atomic E-state index is -1.11. The van der Waals surface area contributed by atoms with E-state index in [0.717, 1.165) is 16.7 Å². The zero-order valence-corrected chi connectivity index (χ0v) is 43.5. The van der Waals surface area contributed by atoms with Gasteiger partial charge in [-0.1, -0.05) is 169 Å². The minimum Gasteiger partial charge on any atom is -0.463 e. The number of thioether (sulfide) groups is 1. The lowest BCUT2D eigenvalue weighted by atomic mass is 9.77. The highest BCUT2D eigenvalue weighted by atomic mass is 32.2. The molecule has 5 aromatic carbocycles. The SMILES string of the molecule is CON=C(C(=O)NC1C(=O)N2C(C(=O)OC(c3ccccc3)c3ccccc3)=C(CC(=S)c3nnc(C(=O)OC)n3CC(OC)OC)CSC12)c1csc(NC(c2ccccc2)(c2ccccc2)c2ccccc2)n1. The van der Waals surface area contributed by atoms with E-state index < -0.39 is 53.1 Å². The molecular weight excluding hydrogens is 1010 g/mol. The number of carbonyl (C=O) groups is 4. The Balaban J connectivity index is 1.02. The van der Waals surface area contributed by atoms with Crippen LogP contribution in [0, 0.1) is 0 Å². The molecule has 2 atom stereocenters. The number of β-lactam (4-membered cyclic amide) rings is 1. The van der Waals surface area contributed by atoms with E-state index in [-0.39, 0.29) is 52.3 Å². The van der Waals surface area contributed by atoms with Gasteiger partial charge in [0.25, 0.3) is 11.8 Å². The fourth-order valence-electron chi connectivity index (χ4n) is 9.03. The van der Waals surface area contributed by atoms with Crippen LogP contribution in [-0.2, 0) is 50.3 Å². The van der Waals surface area contributed by atoms with E-state index in [0.29, 0.717) is 21.8 Å². The Morgan fingerprint density at radius 3 is 1.81 bits per heavy atom. The van der Waals surface area contributed by atoms with E-state index in [9.17, 15) is 19.2 Å². The lowest BCUT2D eigenvalue weighted by Gasteiger charge is -2.49. The normalized spacial score (nSPS) is 15.5. The quantitative estimate of drug-likeness (QED) is 0.0104. The molecule has 4 heterocycles. The molecule has 0 saturated carbocycles. The predicted molar refractivity (Wildman–Crippen MR) is 287 cm³/mol. The van der Waals surface area contributed by atoms with Crippen molar-refractivity contribution in [2.75, 3.05) is 39.5 Å². The summed E-state index contributed by atoms with van der Waals surface area (Å²) in [6.45, 7) is -0.0323. The van der Waals surface area contributed by atoms with Gasteiger partial charge in [0.05, 0.1) is 18.5 Å².